The van der Waals surface area contributed by atoms with E-state index in [2.05, 4.69) is 6.92 Å². The normalized spacial score (nSPS) is 18.1. The van der Waals surface area contributed by atoms with Crippen LogP contribution in [0.25, 0.3) is 0 Å². The summed E-state index contributed by atoms with van der Waals surface area (Å²) in [5.41, 5.74) is 5.13. The molecule has 8 heteroatoms. The lowest BCUT2D eigenvalue weighted by Gasteiger charge is -2.29. The zero-order valence-corrected chi connectivity index (χ0v) is 12.0. The molecule has 2 N–H and O–H groups in total. The molecule has 2 rings (SSSR count). The van der Waals surface area contributed by atoms with Crippen LogP contribution in [-0.4, -0.2) is 30.7 Å². The van der Waals surface area contributed by atoms with Crippen molar-refractivity contribution in [3.8, 4) is 0 Å². The fourth-order valence-electron chi connectivity index (χ4n) is 2.23. The zero-order chi connectivity index (χ0) is 14.9. The van der Waals surface area contributed by atoms with E-state index in [4.69, 9.17) is 5.73 Å². The van der Waals surface area contributed by atoms with Gasteiger partial charge in [0.25, 0.3) is 5.69 Å². The molecule has 1 aromatic carbocycles. The molecule has 0 aliphatic carbocycles. The highest BCUT2D eigenvalue weighted by Gasteiger charge is 2.29. The first kappa shape index (κ1) is 14.7. The van der Waals surface area contributed by atoms with Gasteiger partial charge in [0.05, 0.1) is 9.82 Å². The van der Waals surface area contributed by atoms with Crippen molar-refractivity contribution in [1.29, 1.82) is 0 Å². The molecule has 0 saturated carbocycles. The minimum atomic E-state index is -3.62. The summed E-state index contributed by atoms with van der Waals surface area (Å²) in [5.74, 6) is 0.517. The Labute approximate surface area is 117 Å². The highest BCUT2D eigenvalue weighted by molar-refractivity contribution is 7.89. The summed E-state index contributed by atoms with van der Waals surface area (Å²) in [6, 6.07) is 3.53. The second kappa shape index (κ2) is 5.37. The van der Waals surface area contributed by atoms with Gasteiger partial charge in [0.15, 0.2) is 0 Å². The van der Waals surface area contributed by atoms with E-state index in [1.54, 1.807) is 0 Å². The molecular formula is C12H17N3O4S. The number of nitrogen functional groups attached to an aromatic ring is 1. The molecule has 1 aromatic rings. The van der Waals surface area contributed by atoms with Gasteiger partial charge in [-0.1, -0.05) is 6.92 Å². The minimum Gasteiger partial charge on any atom is -0.393 e. The highest BCUT2D eigenvalue weighted by atomic mass is 32.2. The van der Waals surface area contributed by atoms with E-state index in [1.165, 1.54) is 10.4 Å². The molecule has 0 bridgehead atoms. The first-order chi connectivity index (χ1) is 9.32. The quantitative estimate of drug-likeness (QED) is 0.518. The van der Waals surface area contributed by atoms with E-state index < -0.39 is 14.9 Å². The number of anilines is 1. The van der Waals surface area contributed by atoms with Gasteiger partial charge in [0.1, 0.15) is 5.69 Å². The summed E-state index contributed by atoms with van der Waals surface area (Å²) < 4.78 is 26.3. The maximum Gasteiger partial charge on any atom is 0.292 e. The van der Waals surface area contributed by atoms with Crippen molar-refractivity contribution >= 4 is 21.4 Å². The molecular weight excluding hydrogens is 282 g/mol. The maximum absolute atomic E-state index is 12.4. The number of nitrogens with zero attached hydrogens (tertiary/aromatic N) is 2. The Hall–Kier alpha value is -1.67. The lowest BCUT2D eigenvalue weighted by Crippen LogP contribution is -2.37. The van der Waals surface area contributed by atoms with Gasteiger partial charge >= 0.3 is 0 Å². The van der Waals surface area contributed by atoms with Gasteiger partial charge in [-0.25, -0.2) is 8.42 Å². The molecule has 0 radical (unpaired) electrons. The molecule has 0 unspecified atom stereocenters. The number of sulfonamides is 1. The van der Waals surface area contributed by atoms with Gasteiger partial charge in [-0.2, -0.15) is 4.31 Å². The summed E-state index contributed by atoms with van der Waals surface area (Å²) in [4.78, 5) is 10.1. The smallest absolute Gasteiger partial charge is 0.292 e. The van der Waals surface area contributed by atoms with Crippen LogP contribution in [0.15, 0.2) is 23.1 Å². The van der Waals surface area contributed by atoms with E-state index in [0.717, 1.165) is 25.0 Å². The van der Waals surface area contributed by atoms with Crippen molar-refractivity contribution in [1.82, 2.24) is 4.31 Å². The Morgan fingerprint density at radius 3 is 2.45 bits per heavy atom. The molecule has 0 amide bonds. The number of rotatable bonds is 3. The Morgan fingerprint density at radius 1 is 1.35 bits per heavy atom. The molecule has 20 heavy (non-hydrogen) atoms. The van der Waals surface area contributed by atoms with Crippen molar-refractivity contribution in [3.63, 3.8) is 0 Å². The second-order valence-electron chi connectivity index (χ2n) is 5.06. The van der Waals surface area contributed by atoms with Crippen molar-refractivity contribution in [2.24, 2.45) is 5.92 Å². The molecule has 110 valence electrons. The number of nitro groups is 1. The standard InChI is InChI=1S/C12H17N3O4S/c1-9-4-6-14(7-5-9)20(18,19)10-2-3-12(15(16)17)11(13)8-10/h2-3,8-9H,4-7,13H2,1H3. The van der Waals surface area contributed by atoms with Crippen LogP contribution < -0.4 is 5.73 Å². The SMILES string of the molecule is CC1CCN(S(=O)(=O)c2ccc([N+](=O)[O-])c(N)c2)CC1. The lowest BCUT2D eigenvalue weighted by molar-refractivity contribution is -0.383. The maximum atomic E-state index is 12.4. The molecule has 1 fully saturated rings. The number of nitrogens with two attached hydrogens (primary N) is 1. The van der Waals surface area contributed by atoms with Crippen molar-refractivity contribution in [2.75, 3.05) is 18.8 Å². The summed E-state index contributed by atoms with van der Waals surface area (Å²) in [7, 11) is -3.62. The second-order valence-corrected chi connectivity index (χ2v) is 7.00. The van der Waals surface area contributed by atoms with E-state index >= 15 is 0 Å². The summed E-state index contributed by atoms with van der Waals surface area (Å²) in [6.07, 6.45) is 1.64. The highest BCUT2D eigenvalue weighted by Crippen LogP contribution is 2.28. The first-order valence-electron chi connectivity index (χ1n) is 6.36. The lowest BCUT2D eigenvalue weighted by atomic mass is 10.0. The Morgan fingerprint density at radius 2 is 1.95 bits per heavy atom. The van der Waals surface area contributed by atoms with Gasteiger partial charge in [-0.3, -0.25) is 10.1 Å². The van der Waals surface area contributed by atoms with E-state index in [1.807, 2.05) is 0 Å². The minimum absolute atomic E-state index is 0.00940. The predicted octanol–water partition coefficient (Wildman–Crippen LogP) is 1.60. The summed E-state index contributed by atoms with van der Waals surface area (Å²) >= 11 is 0. The zero-order valence-electron chi connectivity index (χ0n) is 11.2. The van der Waals surface area contributed by atoms with Crippen molar-refractivity contribution < 1.29 is 13.3 Å². The van der Waals surface area contributed by atoms with Crippen LogP contribution in [0.2, 0.25) is 0 Å². The molecule has 0 aromatic heterocycles. The molecule has 1 aliphatic rings. The van der Waals surface area contributed by atoms with Crippen molar-refractivity contribution in [3.05, 3.63) is 28.3 Å². The van der Waals surface area contributed by atoms with E-state index in [-0.39, 0.29) is 16.3 Å². The summed E-state index contributed by atoms with van der Waals surface area (Å²) in [5, 5.41) is 10.7. The fourth-order valence-corrected chi connectivity index (χ4v) is 3.74. The Bertz CT molecular complexity index is 622. The number of hydrogen-bond acceptors (Lipinski definition) is 5. The molecule has 7 nitrogen and oxygen atoms in total. The van der Waals surface area contributed by atoms with Crippen LogP contribution in [0, 0.1) is 16.0 Å². The first-order valence-corrected chi connectivity index (χ1v) is 7.80. The Kier molecular flexibility index (Phi) is 3.96. The van der Waals surface area contributed by atoms with Gasteiger partial charge < -0.3 is 5.73 Å². The number of benzene rings is 1. The van der Waals surface area contributed by atoms with E-state index in [9.17, 15) is 18.5 Å². The Balaban J connectivity index is 2.30. The average Bonchev–Trinajstić information content (AvgIpc) is 2.38. The van der Waals surface area contributed by atoms with Crippen LogP contribution in [0.4, 0.5) is 11.4 Å². The fraction of sp³-hybridized carbons (Fsp3) is 0.500. The molecule has 1 heterocycles. The third-order valence-electron chi connectivity index (χ3n) is 3.58. The number of nitro benzene ring substituents is 1. The van der Waals surface area contributed by atoms with Crippen molar-refractivity contribution in [2.45, 2.75) is 24.7 Å². The molecule has 0 spiro atoms. The topological polar surface area (TPSA) is 107 Å². The van der Waals surface area contributed by atoms with Gasteiger partial charge in [0, 0.05) is 19.2 Å². The van der Waals surface area contributed by atoms with Crippen LogP contribution in [0.3, 0.4) is 0 Å². The summed E-state index contributed by atoms with van der Waals surface area (Å²) in [6.45, 7) is 3.04. The third-order valence-corrected chi connectivity index (χ3v) is 5.47. The largest absolute Gasteiger partial charge is 0.393 e. The number of hydrogen-bond donors (Lipinski definition) is 1. The number of piperidine rings is 1. The van der Waals surface area contributed by atoms with Crippen LogP contribution in [0.5, 0.6) is 0 Å². The molecule has 0 atom stereocenters. The molecule has 1 saturated heterocycles. The monoisotopic (exact) mass is 299 g/mol. The van der Waals surface area contributed by atoms with E-state index in [0.29, 0.717) is 19.0 Å². The van der Waals surface area contributed by atoms with Gasteiger partial charge in [-0.05, 0) is 30.9 Å². The molecule has 1 aliphatic heterocycles. The van der Waals surface area contributed by atoms with Gasteiger partial charge in [-0.15, -0.1) is 0 Å². The van der Waals surface area contributed by atoms with Gasteiger partial charge in [0.2, 0.25) is 10.0 Å². The van der Waals surface area contributed by atoms with Crippen LogP contribution >= 0.6 is 0 Å². The van der Waals surface area contributed by atoms with Crippen LogP contribution in [0.1, 0.15) is 19.8 Å². The third kappa shape index (κ3) is 2.75. The average molecular weight is 299 g/mol. The van der Waals surface area contributed by atoms with Crippen LogP contribution in [-0.2, 0) is 10.0 Å². The predicted molar refractivity (Wildman–Crippen MR) is 74.7 cm³/mol.